The molecule has 2 aromatic rings. The molecule has 1 unspecified atom stereocenters. The number of rotatable bonds is 5. The zero-order chi connectivity index (χ0) is 16.2. The van der Waals surface area contributed by atoms with Crippen LogP contribution in [0.3, 0.4) is 0 Å². The van der Waals surface area contributed by atoms with Crippen LogP contribution in [0.2, 0.25) is 0 Å². The van der Waals surface area contributed by atoms with E-state index in [4.69, 9.17) is 14.0 Å². The van der Waals surface area contributed by atoms with Crippen molar-refractivity contribution in [1.82, 2.24) is 20.0 Å². The number of H-pyrrole nitrogens is 1. The number of carbonyl (C=O) groups excluding carboxylic acids is 1. The van der Waals surface area contributed by atoms with Gasteiger partial charge in [-0.2, -0.15) is 0 Å². The predicted octanol–water partition coefficient (Wildman–Crippen LogP) is 1.25. The Hall–Kier alpha value is -2.35. The number of hydrogen-bond acceptors (Lipinski definition) is 6. The molecule has 1 aliphatic heterocycles. The second-order valence-electron chi connectivity index (χ2n) is 5.46. The molecule has 1 N–H and O–H groups in total. The van der Waals surface area contributed by atoms with Crippen molar-refractivity contribution in [3.05, 3.63) is 29.5 Å². The minimum Gasteiger partial charge on any atom is -0.479 e. The Morgan fingerprint density at radius 2 is 2.43 bits per heavy atom. The van der Waals surface area contributed by atoms with Crippen LogP contribution in [0.25, 0.3) is 0 Å². The lowest BCUT2D eigenvalue weighted by Crippen LogP contribution is -2.43. The summed E-state index contributed by atoms with van der Waals surface area (Å²) in [5.41, 5.74) is 0.965. The predicted molar refractivity (Wildman–Crippen MR) is 80.0 cm³/mol. The number of nitrogens with zero attached hydrogens (tertiary/aromatic N) is 3. The van der Waals surface area contributed by atoms with Gasteiger partial charge in [0.1, 0.15) is 17.6 Å². The van der Waals surface area contributed by atoms with E-state index in [0.717, 1.165) is 11.5 Å². The SMILES string of the molecule is COc1cc(CCC(=O)N2CCOCC2c2ncc(C)[nH]2)on1. The van der Waals surface area contributed by atoms with Gasteiger partial charge < -0.3 is 23.9 Å². The van der Waals surface area contributed by atoms with Crippen LogP contribution in [0.4, 0.5) is 0 Å². The summed E-state index contributed by atoms with van der Waals surface area (Å²) in [5, 5.41) is 3.73. The van der Waals surface area contributed by atoms with Gasteiger partial charge in [-0.3, -0.25) is 4.79 Å². The fourth-order valence-electron chi connectivity index (χ4n) is 2.61. The number of hydrogen-bond donors (Lipinski definition) is 1. The topological polar surface area (TPSA) is 93.5 Å². The Morgan fingerprint density at radius 3 is 3.13 bits per heavy atom. The number of nitrogens with one attached hydrogen (secondary N) is 1. The molecule has 0 spiro atoms. The van der Waals surface area contributed by atoms with Gasteiger partial charge in [0, 0.05) is 37.3 Å². The average molecular weight is 320 g/mol. The van der Waals surface area contributed by atoms with Crippen molar-refractivity contribution >= 4 is 5.91 Å². The molecule has 1 amide bonds. The lowest BCUT2D eigenvalue weighted by Gasteiger charge is -2.34. The van der Waals surface area contributed by atoms with E-state index in [0.29, 0.717) is 44.2 Å². The lowest BCUT2D eigenvalue weighted by molar-refractivity contribution is -0.140. The molecule has 1 fully saturated rings. The molecule has 3 heterocycles. The van der Waals surface area contributed by atoms with Gasteiger partial charge in [-0.1, -0.05) is 0 Å². The first kappa shape index (κ1) is 15.5. The molecule has 8 nitrogen and oxygen atoms in total. The molecule has 23 heavy (non-hydrogen) atoms. The molecular formula is C15H20N4O4. The first-order valence-corrected chi connectivity index (χ1v) is 7.55. The Labute approximate surface area is 133 Å². The second kappa shape index (κ2) is 6.82. The first-order valence-electron chi connectivity index (χ1n) is 7.55. The number of aryl methyl sites for hydroxylation is 2. The smallest absolute Gasteiger partial charge is 0.254 e. The molecule has 1 saturated heterocycles. The maximum absolute atomic E-state index is 12.6. The van der Waals surface area contributed by atoms with Crippen LogP contribution in [0.5, 0.6) is 5.88 Å². The van der Waals surface area contributed by atoms with Crippen molar-refractivity contribution in [2.24, 2.45) is 0 Å². The number of ether oxygens (including phenoxy) is 2. The zero-order valence-corrected chi connectivity index (χ0v) is 13.2. The molecule has 0 aromatic carbocycles. The van der Waals surface area contributed by atoms with E-state index in [2.05, 4.69) is 15.1 Å². The third-order valence-corrected chi connectivity index (χ3v) is 3.82. The van der Waals surface area contributed by atoms with E-state index in [9.17, 15) is 4.79 Å². The molecular weight excluding hydrogens is 300 g/mol. The number of methoxy groups -OCH3 is 1. The van der Waals surface area contributed by atoms with Gasteiger partial charge in [-0.15, -0.1) is 0 Å². The van der Waals surface area contributed by atoms with Crippen molar-refractivity contribution in [2.45, 2.75) is 25.8 Å². The molecule has 0 aliphatic carbocycles. The summed E-state index contributed by atoms with van der Waals surface area (Å²) in [7, 11) is 1.52. The number of imidazole rings is 1. The van der Waals surface area contributed by atoms with E-state index in [1.165, 1.54) is 7.11 Å². The number of amides is 1. The van der Waals surface area contributed by atoms with Crippen LogP contribution < -0.4 is 4.74 Å². The fourth-order valence-corrected chi connectivity index (χ4v) is 2.61. The minimum atomic E-state index is -0.172. The highest BCUT2D eigenvalue weighted by atomic mass is 16.5. The highest BCUT2D eigenvalue weighted by Gasteiger charge is 2.30. The van der Waals surface area contributed by atoms with Gasteiger partial charge in [0.2, 0.25) is 5.91 Å². The molecule has 124 valence electrons. The number of morpholine rings is 1. The van der Waals surface area contributed by atoms with Gasteiger partial charge >= 0.3 is 0 Å². The zero-order valence-electron chi connectivity index (χ0n) is 13.2. The van der Waals surface area contributed by atoms with E-state index in [1.807, 2.05) is 11.8 Å². The minimum absolute atomic E-state index is 0.0442. The van der Waals surface area contributed by atoms with Crippen LogP contribution in [-0.2, 0) is 16.0 Å². The number of aromatic nitrogens is 3. The highest BCUT2D eigenvalue weighted by Crippen LogP contribution is 2.23. The standard InChI is InChI=1S/C15H20N4O4/c1-10-8-16-15(17-10)12-9-22-6-5-19(12)14(20)4-3-11-7-13(21-2)18-23-11/h7-8,12H,3-6,9H2,1-2H3,(H,16,17). The second-order valence-corrected chi connectivity index (χ2v) is 5.46. The highest BCUT2D eigenvalue weighted by molar-refractivity contribution is 5.77. The molecule has 8 heteroatoms. The van der Waals surface area contributed by atoms with Crippen molar-refractivity contribution in [3.63, 3.8) is 0 Å². The van der Waals surface area contributed by atoms with E-state index in [1.54, 1.807) is 12.3 Å². The fraction of sp³-hybridized carbons (Fsp3) is 0.533. The Kier molecular flexibility index (Phi) is 4.61. The van der Waals surface area contributed by atoms with Crippen LogP contribution >= 0.6 is 0 Å². The molecule has 0 saturated carbocycles. The Morgan fingerprint density at radius 1 is 1.57 bits per heavy atom. The molecule has 0 radical (unpaired) electrons. The summed E-state index contributed by atoms with van der Waals surface area (Å²) in [6.45, 7) is 3.49. The third kappa shape index (κ3) is 3.53. The van der Waals surface area contributed by atoms with Crippen LogP contribution in [-0.4, -0.2) is 52.8 Å². The van der Waals surface area contributed by atoms with Crippen molar-refractivity contribution in [1.29, 1.82) is 0 Å². The maximum Gasteiger partial charge on any atom is 0.254 e. The van der Waals surface area contributed by atoms with Crippen molar-refractivity contribution in [3.8, 4) is 5.88 Å². The third-order valence-electron chi connectivity index (χ3n) is 3.82. The van der Waals surface area contributed by atoms with E-state index in [-0.39, 0.29) is 11.9 Å². The van der Waals surface area contributed by atoms with Crippen LogP contribution in [0, 0.1) is 6.92 Å². The van der Waals surface area contributed by atoms with Gasteiger partial charge in [-0.25, -0.2) is 4.98 Å². The summed E-state index contributed by atoms with van der Waals surface area (Å²) in [5.74, 6) is 1.86. The lowest BCUT2D eigenvalue weighted by atomic mass is 10.1. The largest absolute Gasteiger partial charge is 0.479 e. The summed E-state index contributed by atoms with van der Waals surface area (Å²) in [6, 6.07) is 1.52. The molecule has 3 rings (SSSR count). The van der Waals surface area contributed by atoms with Gasteiger partial charge in [0.25, 0.3) is 5.88 Å². The molecule has 0 bridgehead atoms. The van der Waals surface area contributed by atoms with Gasteiger partial charge in [0.05, 0.1) is 20.3 Å². The average Bonchev–Trinajstić information content (AvgIpc) is 3.21. The Bertz CT molecular complexity index is 666. The summed E-state index contributed by atoms with van der Waals surface area (Å²) in [4.78, 5) is 21.9. The molecule has 1 aliphatic rings. The van der Waals surface area contributed by atoms with E-state index >= 15 is 0 Å². The summed E-state index contributed by atoms with van der Waals surface area (Å²) < 4.78 is 15.6. The van der Waals surface area contributed by atoms with Crippen LogP contribution in [0.15, 0.2) is 16.8 Å². The summed E-state index contributed by atoms with van der Waals surface area (Å²) >= 11 is 0. The molecule has 1 atom stereocenters. The van der Waals surface area contributed by atoms with Crippen molar-refractivity contribution < 1.29 is 18.8 Å². The van der Waals surface area contributed by atoms with E-state index < -0.39 is 0 Å². The number of aromatic amines is 1. The Balaban J connectivity index is 1.64. The number of carbonyl (C=O) groups is 1. The first-order chi connectivity index (χ1) is 11.2. The van der Waals surface area contributed by atoms with Crippen LogP contribution in [0.1, 0.15) is 29.7 Å². The molecule has 2 aromatic heterocycles. The maximum atomic E-state index is 12.6. The normalized spacial score (nSPS) is 18.2. The van der Waals surface area contributed by atoms with Gasteiger partial charge in [-0.05, 0) is 12.1 Å². The monoisotopic (exact) mass is 320 g/mol. The summed E-state index contributed by atoms with van der Waals surface area (Å²) in [6.07, 6.45) is 2.58. The van der Waals surface area contributed by atoms with Crippen molar-refractivity contribution in [2.75, 3.05) is 26.9 Å². The van der Waals surface area contributed by atoms with Gasteiger partial charge in [0.15, 0.2) is 0 Å². The quantitative estimate of drug-likeness (QED) is 0.891.